The Hall–Kier alpha value is -0.790. The summed E-state index contributed by atoms with van der Waals surface area (Å²) in [6, 6.07) is 0.574. The van der Waals surface area contributed by atoms with Crippen LogP contribution in [0.4, 0.5) is 0 Å². The number of nitrogens with one attached hydrogen (secondary N) is 2. The zero-order chi connectivity index (χ0) is 16.7. The number of rotatable bonds is 6. The SMILES string of the molecule is CN=C(NCCCn1cc(C)cn1)NC1CCC(C(C)C)CC1.I. The molecule has 24 heavy (non-hydrogen) atoms. The highest BCUT2D eigenvalue weighted by atomic mass is 127. The van der Waals surface area contributed by atoms with Gasteiger partial charge in [-0.3, -0.25) is 9.67 Å². The molecule has 0 saturated heterocycles. The van der Waals surface area contributed by atoms with Crippen molar-refractivity contribution in [3.05, 3.63) is 18.0 Å². The number of aliphatic imine (C=N–C) groups is 1. The molecule has 1 aromatic heterocycles. The summed E-state index contributed by atoms with van der Waals surface area (Å²) in [5.74, 6) is 2.66. The van der Waals surface area contributed by atoms with Crippen molar-refractivity contribution in [1.29, 1.82) is 0 Å². The van der Waals surface area contributed by atoms with Crippen LogP contribution in [-0.2, 0) is 6.54 Å². The Morgan fingerprint density at radius 3 is 2.58 bits per heavy atom. The molecule has 1 fully saturated rings. The van der Waals surface area contributed by atoms with Crippen LogP contribution in [0.3, 0.4) is 0 Å². The van der Waals surface area contributed by atoms with Gasteiger partial charge in [0.25, 0.3) is 0 Å². The van der Waals surface area contributed by atoms with E-state index in [2.05, 4.69) is 47.7 Å². The predicted octanol–water partition coefficient (Wildman–Crippen LogP) is 3.58. The molecule has 0 spiro atoms. The van der Waals surface area contributed by atoms with Crippen molar-refractivity contribution in [1.82, 2.24) is 20.4 Å². The fourth-order valence-corrected chi connectivity index (χ4v) is 3.36. The van der Waals surface area contributed by atoms with Crippen LogP contribution in [0.2, 0.25) is 0 Å². The Morgan fingerprint density at radius 1 is 1.33 bits per heavy atom. The van der Waals surface area contributed by atoms with Crippen molar-refractivity contribution < 1.29 is 0 Å². The topological polar surface area (TPSA) is 54.2 Å². The zero-order valence-electron chi connectivity index (χ0n) is 15.6. The van der Waals surface area contributed by atoms with Crippen molar-refractivity contribution >= 4 is 29.9 Å². The van der Waals surface area contributed by atoms with Crippen molar-refractivity contribution in [2.75, 3.05) is 13.6 Å². The first-order valence-electron chi connectivity index (χ1n) is 9.04. The molecule has 0 atom stereocenters. The molecule has 1 heterocycles. The number of hydrogen-bond acceptors (Lipinski definition) is 2. The van der Waals surface area contributed by atoms with Crippen LogP contribution in [0.5, 0.6) is 0 Å². The third kappa shape index (κ3) is 6.99. The van der Waals surface area contributed by atoms with E-state index in [0.29, 0.717) is 6.04 Å². The third-order valence-corrected chi connectivity index (χ3v) is 4.90. The van der Waals surface area contributed by atoms with Gasteiger partial charge < -0.3 is 10.6 Å². The van der Waals surface area contributed by atoms with Crippen LogP contribution in [0.15, 0.2) is 17.4 Å². The highest BCUT2D eigenvalue weighted by molar-refractivity contribution is 14.0. The van der Waals surface area contributed by atoms with Gasteiger partial charge in [-0.2, -0.15) is 5.10 Å². The fraction of sp³-hybridized carbons (Fsp3) is 0.778. The molecule has 2 N–H and O–H groups in total. The number of guanidine groups is 1. The Kier molecular flexibility index (Phi) is 9.69. The van der Waals surface area contributed by atoms with E-state index in [1.54, 1.807) is 0 Å². The first kappa shape index (κ1) is 21.3. The lowest BCUT2D eigenvalue weighted by Crippen LogP contribution is -2.45. The number of halogens is 1. The highest BCUT2D eigenvalue weighted by Crippen LogP contribution is 2.29. The van der Waals surface area contributed by atoms with E-state index in [-0.39, 0.29) is 24.0 Å². The lowest BCUT2D eigenvalue weighted by molar-refractivity contribution is 0.250. The Bertz CT molecular complexity index is 489. The minimum atomic E-state index is 0. The van der Waals surface area contributed by atoms with Gasteiger partial charge in [0.05, 0.1) is 6.20 Å². The van der Waals surface area contributed by atoms with E-state index in [1.165, 1.54) is 31.2 Å². The summed E-state index contributed by atoms with van der Waals surface area (Å²) in [6.45, 7) is 8.62. The molecule has 0 aliphatic heterocycles. The first-order valence-corrected chi connectivity index (χ1v) is 9.04. The van der Waals surface area contributed by atoms with Gasteiger partial charge in [0.15, 0.2) is 5.96 Å². The molecule has 2 rings (SSSR count). The molecule has 1 saturated carbocycles. The average Bonchev–Trinajstić information content (AvgIpc) is 2.96. The summed E-state index contributed by atoms with van der Waals surface area (Å²) in [7, 11) is 1.85. The van der Waals surface area contributed by atoms with Gasteiger partial charge in [-0.15, -0.1) is 24.0 Å². The quantitative estimate of drug-likeness (QED) is 0.304. The van der Waals surface area contributed by atoms with E-state index in [9.17, 15) is 0 Å². The molecule has 0 aromatic carbocycles. The van der Waals surface area contributed by atoms with Crippen molar-refractivity contribution in [2.45, 2.75) is 65.5 Å². The molecule has 1 aliphatic carbocycles. The standard InChI is InChI=1S/C18H33N5.HI/c1-14(2)16-6-8-17(9-7-16)22-18(19-4)20-10-5-11-23-13-15(3)12-21-23;/h12-14,16-17H,5-11H2,1-4H3,(H2,19,20,22);1H. The highest BCUT2D eigenvalue weighted by Gasteiger charge is 2.23. The molecule has 0 unspecified atom stereocenters. The molecule has 1 aliphatic rings. The monoisotopic (exact) mass is 447 g/mol. The second kappa shape index (κ2) is 10.9. The molecule has 0 bridgehead atoms. The van der Waals surface area contributed by atoms with Crippen LogP contribution in [0.1, 0.15) is 51.5 Å². The molecule has 138 valence electrons. The van der Waals surface area contributed by atoms with Gasteiger partial charge >= 0.3 is 0 Å². The first-order chi connectivity index (χ1) is 11.1. The van der Waals surface area contributed by atoms with Crippen LogP contribution in [0, 0.1) is 18.8 Å². The Balaban J connectivity index is 0.00000288. The van der Waals surface area contributed by atoms with Crippen LogP contribution in [-0.4, -0.2) is 35.4 Å². The maximum atomic E-state index is 4.36. The van der Waals surface area contributed by atoms with Gasteiger partial charge in [-0.1, -0.05) is 13.8 Å². The van der Waals surface area contributed by atoms with Crippen molar-refractivity contribution in [2.24, 2.45) is 16.8 Å². The van der Waals surface area contributed by atoms with E-state index in [4.69, 9.17) is 0 Å². The minimum Gasteiger partial charge on any atom is -0.356 e. The van der Waals surface area contributed by atoms with Gasteiger partial charge in [-0.05, 0) is 56.4 Å². The Labute approximate surface area is 164 Å². The lowest BCUT2D eigenvalue weighted by Gasteiger charge is -2.32. The summed E-state index contributed by atoms with van der Waals surface area (Å²) in [4.78, 5) is 4.36. The summed E-state index contributed by atoms with van der Waals surface area (Å²) in [6.07, 6.45) is 10.2. The van der Waals surface area contributed by atoms with E-state index in [1.807, 2.05) is 17.9 Å². The van der Waals surface area contributed by atoms with Gasteiger partial charge in [0.1, 0.15) is 0 Å². The average molecular weight is 447 g/mol. The van der Waals surface area contributed by atoms with Gasteiger partial charge in [0, 0.05) is 32.4 Å². The summed E-state index contributed by atoms with van der Waals surface area (Å²) < 4.78 is 2.00. The van der Waals surface area contributed by atoms with Crippen LogP contribution < -0.4 is 10.6 Å². The number of aromatic nitrogens is 2. The molecule has 1 aromatic rings. The predicted molar refractivity (Wildman–Crippen MR) is 112 cm³/mol. The normalized spacial score (nSPS) is 21.5. The zero-order valence-corrected chi connectivity index (χ0v) is 17.9. The van der Waals surface area contributed by atoms with Gasteiger partial charge in [-0.25, -0.2) is 0 Å². The molecule has 5 nitrogen and oxygen atoms in total. The van der Waals surface area contributed by atoms with E-state index >= 15 is 0 Å². The summed E-state index contributed by atoms with van der Waals surface area (Å²) in [5.41, 5.74) is 1.22. The smallest absolute Gasteiger partial charge is 0.191 e. The number of nitrogens with zero attached hydrogens (tertiary/aromatic N) is 3. The molecular formula is C18H34IN5. The van der Waals surface area contributed by atoms with Crippen LogP contribution >= 0.6 is 24.0 Å². The maximum Gasteiger partial charge on any atom is 0.191 e. The van der Waals surface area contributed by atoms with E-state index < -0.39 is 0 Å². The van der Waals surface area contributed by atoms with Gasteiger partial charge in [0.2, 0.25) is 0 Å². The minimum absolute atomic E-state index is 0. The molecular weight excluding hydrogens is 413 g/mol. The van der Waals surface area contributed by atoms with Crippen molar-refractivity contribution in [3.63, 3.8) is 0 Å². The van der Waals surface area contributed by atoms with Crippen molar-refractivity contribution in [3.8, 4) is 0 Å². The van der Waals surface area contributed by atoms with E-state index in [0.717, 1.165) is 37.3 Å². The molecule has 6 heteroatoms. The Morgan fingerprint density at radius 2 is 2.04 bits per heavy atom. The summed E-state index contributed by atoms with van der Waals surface area (Å²) >= 11 is 0. The number of hydrogen-bond donors (Lipinski definition) is 2. The fourth-order valence-electron chi connectivity index (χ4n) is 3.36. The molecule has 0 amide bonds. The maximum absolute atomic E-state index is 4.36. The second-order valence-corrected chi connectivity index (χ2v) is 7.13. The third-order valence-electron chi connectivity index (χ3n) is 4.90. The summed E-state index contributed by atoms with van der Waals surface area (Å²) in [5, 5.41) is 11.3. The van der Waals surface area contributed by atoms with Crippen LogP contribution in [0.25, 0.3) is 0 Å². The second-order valence-electron chi connectivity index (χ2n) is 7.13. The number of aryl methyl sites for hydroxylation is 2. The molecule has 0 radical (unpaired) electrons. The lowest BCUT2D eigenvalue weighted by atomic mass is 9.80. The largest absolute Gasteiger partial charge is 0.356 e.